The molecule has 3 heterocycles. The van der Waals surface area contributed by atoms with Crippen LogP contribution in [-0.4, -0.2) is 38.7 Å². The Bertz CT molecular complexity index is 986. The van der Waals surface area contributed by atoms with Gasteiger partial charge in [-0.2, -0.15) is 5.10 Å². The standard InChI is InChI=1S/C20H20Cl2N6O/c21-16-4-1-3-15(18(16)22)13-28-17(5-10-25-28)26-19(29)14-6-11-27(12-7-14)20-23-8-2-9-24-20/h1-5,8-10,14H,6-7,11-13H2,(H,26,29). The van der Waals surface area contributed by atoms with Crippen LogP contribution in [0.25, 0.3) is 0 Å². The van der Waals surface area contributed by atoms with Gasteiger partial charge in [0.15, 0.2) is 0 Å². The molecule has 2 aromatic heterocycles. The van der Waals surface area contributed by atoms with Crippen LogP contribution in [0, 0.1) is 5.92 Å². The molecule has 0 spiro atoms. The number of benzene rings is 1. The summed E-state index contributed by atoms with van der Waals surface area (Å²) in [5.41, 5.74) is 0.842. The van der Waals surface area contributed by atoms with Crippen LogP contribution in [0.2, 0.25) is 10.0 Å². The van der Waals surface area contributed by atoms with Crippen LogP contribution in [0.1, 0.15) is 18.4 Å². The number of carbonyl (C=O) groups excluding carboxylic acids is 1. The highest BCUT2D eigenvalue weighted by Gasteiger charge is 2.26. The summed E-state index contributed by atoms with van der Waals surface area (Å²) in [7, 11) is 0. The van der Waals surface area contributed by atoms with Crippen molar-refractivity contribution in [2.24, 2.45) is 5.92 Å². The topological polar surface area (TPSA) is 75.9 Å². The zero-order valence-electron chi connectivity index (χ0n) is 15.6. The Kier molecular flexibility index (Phi) is 5.97. The molecule has 150 valence electrons. The van der Waals surface area contributed by atoms with E-state index in [0.29, 0.717) is 28.4 Å². The van der Waals surface area contributed by atoms with Crippen LogP contribution in [0.15, 0.2) is 48.9 Å². The van der Waals surface area contributed by atoms with Crippen molar-refractivity contribution in [3.8, 4) is 0 Å². The zero-order chi connectivity index (χ0) is 20.2. The van der Waals surface area contributed by atoms with Crippen LogP contribution in [0.4, 0.5) is 11.8 Å². The third-order valence-electron chi connectivity index (χ3n) is 5.02. The van der Waals surface area contributed by atoms with Crippen molar-refractivity contribution in [1.29, 1.82) is 0 Å². The van der Waals surface area contributed by atoms with Gasteiger partial charge in [0.2, 0.25) is 11.9 Å². The van der Waals surface area contributed by atoms with E-state index < -0.39 is 0 Å². The number of piperidine rings is 1. The molecule has 1 amide bonds. The largest absolute Gasteiger partial charge is 0.341 e. The average Bonchev–Trinajstić information content (AvgIpc) is 3.18. The molecular weight excluding hydrogens is 411 g/mol. The number of amides is 1. The summed E-state index contributed by atoms with van der Waals surface area (Å²) < 4.78 is 1.71. The predicted octanol–water partition coefficient (Wildman–Crippen LogP) is 3.88. The quantitative estimate of drug-likeness (QED) is 0.664. The molecule has 1 aliphatic heterocycles. The van der Waals surface area contributed by atoms with Crippen molar-refractivity contribution in [1.82, 2.24) is 19.7 Å². The molecule has 4 rings (SSSR count). The van der Waals surface area contributed by atoms with Crippen molar-refractivity contribution < 1.29 is 4.79 Å². The third-order valence-corrected chi connectivity index (χ3v) is 5.88. The number of rotatable bonds is 5. The Morgan fingerprint density at radius 1 is 1.07 bits per heavy atom. The summed E-state index contributed by atoms with van der Waals surface area (Å²) in [6.07, 6.45) is 6.61. The van der Waals surface area contributed by atoms with Gasteiger partial charge in [0.05, 0.1) is 22.8 Å². The number of nitrogens with one attached hydrogen (secondary N) is 1. The first kappa shape index (κ1) is 19.7. The van der Waals surface area contributed by atoms with Crippen LogP contribution in [0.5, 0.6) is 0 Å². The zero-order valence-corrected chi connectivity index (χ0v) is 17.1. The fourth-order valence-corrected chi connectivity index (χ4v) is 3.80. The van der Waals surface area contributed by atoms with Crippen molar-refractivity contribution in [2.45, 2.75) is 19.4 Å². The molecule has 0 bridgehead atoms. The van der Waals surface area contributed by atoms with Crippen LogP contribution in [0.3, 0.4) is 0 Å². The van der Waals surface area contributed by atoms with Crippen LogP contribution in [-0.2, 0) is 11.3 Å². The third kappa shape index (κ3) is 4.52. The second-order valence-corrected chi connectivity index (χ2v) is 7.67. The van der Waals surface area contributed by atoms with E-state index in [1.807, 2.05) is 12.1 Å². The number of anilines is 2. The van der Waals surface area contributed by atoms with Gasteiger partial charge in [-0.05, 0) is 30.5 Å². The maximum atomic E-state index is 12.8. The molecule has 0 atom stereocenters. The second-order valence-electron chi connectivity index (χ2n) is 6.89. The van der Waals surface area contributed by atoms with Crippen LogP contribution >= 0.6 is 23.2 Å². The molecular formula is C20H20Cl2N6O. The summed E-state index contributed by atoms with van der Waals surface area (Å²) in [5.74, 6) is 1.29. The van der Waals surface area contributed by atoms with E-state index in [2.05, 4.69) is 25.3 Å². The molecule has 1 saturated heterocycles. The van der Waals surface area contributed by atoms with Crippen LogP contribution < -0.4 is 10.2 Å². The Morgan fingerprint density at radius 3 is 2.59 bits per heavy atom. The lowest BCUT2D eigenvalue weighted by molar-refractivity contribution is -0.120. The number of halogens is 2. The monoisotopic (exact) mass is 430 g/mol. The number of hydrogen-bond donors (Lipinski definition) is 1. The predicted molar refractivity (Wildman–Crippen MR) is 113 cm³/mol. The van der Waals surface area contributed by atoms with Gasteiger partial charge in [0.1, 0.15) is 5.82 Å². The smallest absolute Gasteiger partial charge is 0.228 e. The molecule has 1 aromatic carbocycles. The number of carbonyl (C=O) groups is 1. The second kappa shape index (κ2) is 8.80. The van der Waals surface area contributed by atoms with Gasteiger partial charge in [-0.1, -0.05) is 35.3 Å². The summed E-state index contributed by atoms with van der Waals surface area (Å²) >= 11 is 12.4. The van der Waals surface area contributed by atoms with Gasteiger partial charge < -0.3 is 10.2 Å². The first-order chi connectivity index (χ1) is 14.1. The van der Waals surface area contributed by atoms with E-state index in [1.165, 1.54) is 0 Å². The number of hydrogen-bond acceptors (Lipinski definition) is 5. The Morgan fingerprint density at radius 2 is 1.83 bits per heavy atom. The van der Waals surface area contributed by atoms with Crippen molar-refractivity contribution in [2.75, 3.05) is 23.3 Å². The van der Waals surface area contributed by atoms with Crippen molar-refractivity contribution in [3.05, 3.63) is 64.5 Å². The minimum absolute atomic E-state index is 0.00225. The van der Waals surface area contributed by atoms with E-state index in [4.69, 9.17) is 23.2 Å². The molecule has 29 heavy (non-hydrogen) atoms. The lowest BCUT2D eigenvalue weighted by atomic mass is 9.96. The fourth-order valence-electron chi connectivity index (χ4n) is 3.42. The molecule has 0 radical (unpaired) electrons. The maximum Gasteiger partial charge on any atom is 0.228 e. The Balaban J connectivity index is 1.37. The van der Waals surface area contributed by atoms with E-state index in [1.54, 1.807) is 41.5 Å². The van der Waals surface area contributed by atoms with E-state index in [9.17, 15) is 4.79 Å². The van der Waals surface area contributed by atoms with Gasteiger partial charge in [0, 0.05) is 37.5 Å². The highest BCUT2D eigenvalue weighted by atomic mass is 35.5. The first-order valence-electron chi connectivity index (χ1n) is 9.39. The number of nitrogens with zero attached hydrogens (tertiary/aromatic N) is 5. The highest BCUT2D eigenvalue weighted by Crippen LogP contribution is 2.27. The Labute approximate surface area is 178 Å². The maximum absolute atomic E-state index is 12.8. The summed E-state index contributed by atoms with van der Waals surface area (Å²) in [5, 5.41) is 8.31. The van der Waals surface area contributed by atoms with Crippen molar-refractivity contribution >= 4 is 40.9 Å². The fraction of sp³-hybridized carbons (Fsp3) is 0.300. The lowest BCUT2D eigenvalue weighted by Crippen LogP contribution is -2.39. The SMILES string of the molecule is O=C(Nc1ccnn1Cc1cccc(Cl)c1Cl)C1CCN(c2ncccn2)CC1. The normalized spacial score (nSPS) is 14.8. The van der Waals surface area contributed by atoms with E-state index in [-0.39, 0.29) is 11.8 Å². The van der Waals surface area contributed by atoms with E-state index in [0.717, 1.165) is 31.5 Å². The molecule has 1 N–H and O–H groups in total. The molecule has 3 aromatic rings. The minimum Gasteiger partial charge on any atom is -0.341 e. The van der Waals surface area contributed by atoms with Gasteiger partial charge in [-0.15, -0.1) is 0 Å². The minimum atomic E-state index is -0.0620. The summed E-state index contributed by atoms with van der Waals surface area (Å²) in [6.45, 7) is 1.92. The molecule has 0 unspecified atom stereocenters. The average molecular weight is 431 g/mol. The molecule has 0 saturated carbocycles. The summed E-state index contributed by atoms with van der Waals surface area (Å²) in [4.78, 5) is 23.5. The molecule has 1 aliphatic rings. The molecule has 1 fully saturated rings. The number of aromatic nitrogens is 4. The van der Waals surface area contributed by atoms with Gasteiger partial charge >= 0.3 is 0 Å². The summed E-state index contributed by atoms with van der Waals surface area (Å²) in [6, 6.07) is 9.05. The van der Waals surface area contributed by atoms with E-state index >= 15 is 0 Å². The lowest BCUT2D eigenvalue weighted by Gasteiger charge is -2.31. The van der Waals surface area contributed by atoms with Gasteiger partial charge in [-0.3, -0.25) is 4.79 Å². The highest BCUT2D eigenvalue weighted by molar-refractivity contribution is 6.42. The molecule has 9 heteroatoms. The van der Waals surface area contributed by atoms with Gasteiger partial charge in [0.25, 0.3) is 0 Å². The Hall–Kier alpha value is -2.64. The van der Waals surface area contributed by atoms with Crippen molar-refractivity contribution in [3.63, 3.8) is 0 Å². The molecule has 0 aliphatic carbocycles. The first-order valence-corrected chi connectivity index (χ1v) is 10.1. The molecule has 7 nitrogen and oxygen atoms in total. The van der Waals surface area contributed by atoms with Gasteiger partial charge in [-0.25, -0.2) is 14.6 Å².